The Morgan fingerprint density at radius 1 is 1.14 bits per heavy atom. The molecule has 0 aliphatic heterocycles. The number of nitrogens with zero attached hydrogens (tertiary/aromatic N) is 5. The highest BCUT2D eigenvalue weighted by Crippen LogP contribution is 2.31. The third-order valence-corrected chi connectivity index (χ3v) is 4.51. The number of hydrogen-bond acceptors (Lipinski definition) is 4. The van der Waals surface area contributed by atoms with Crippen molar-refractivity contribution in [1.29, 1.82) is 0 Å². The number of rotatable bonds is 4. The van der Waals surface area contributed by atoms with Crippen molar-refractivity contribution in [1.82, 2.24) is 19.3 Å². The Kier molecular flexibility index (Phi) is 4.33. The van der Waals surface area contributed by atoms with Gasteiger partial charge in [0.05, 0.1) is 28.9 Å². The largest absolute Gasteiger partial charge is 0.416 e. The number of benzene rings is 2. The molecule has 0 amide bonds. The van der Waals surface area contributed by atoms with Gasteiger partial charge in [-0.2, -0.15) is 18.3 Å². The second-order valence-corrected chi connectivity index (χ2v) is 6.58. The molecule has 4 rings (SSSR count). The average molecular weight is 401 g/mol. The minimum absolute atomic E-state index is 0.0799. The highest BCUT2D eigenvalue weighted by Gasteiger charge is 2.30. The average Bonchev–Trinajstić information content (AvgIpc) is 3.25. The van der Waals surface area contributed by atoms with Gasteiger partial charge in [-0.05, 0) is 23.8 Å². The second kappa shape index (κ2) is 6.73. The molecule has 2 aromatic heterocycles. The van der Waals surface area contributed by atoms with Gasteiger partial charge in [0.1, 0.15) is 11.4 Å². The van der Waals surface area contributed by atoms with E-state index in [1.165, 1.54) is 24.3 Å². The number of nitro groups is 1. The van der Waals surface area contributed by atoms with Crippen LogP contribution in [0.1, 0.15) is 11.1 Å². The molecule has 0 aliphatic carbocycles. The molecule has 7 nitrogen and oxygen atoms in total. The van der Waals surface area contributed by atoms with Crippen LogP contribution in [0.5, 0.6) is 0 Å². The van der Waals surface area contributed by atoms with Gasteiger partial charge in [0, 0.05) is 30.8 Å². The van der Waals surface area contributed by atoms with Gasteiger partial charge in [-0.1, -0.05) is 12.1 Å². The third-order valence-electron chi connectivity index (χ3n) is 4.51. The van der Waals surface area contributed by atoms with Crippen LogP contribution in [-0.4, -0.2) is 24.3 Å². The van der Waals surface area contributed by atoms with Gasteiger partial charge < -0.3 is 4.57 Å². The predicted octanol–water partition coefficient (Wildman–Crippen LogP) is 4.41. The maximum Gasteiger partial charge on any atom is 0.416 e. The third kappa shape index (κ3) is 3.56. The summed E-state index contributed by atoms with van der Waals surface area (Å²) in [4.78, 5) is 14.9. The molecule has 2 heterocycles. The fraction of sp³-hybridized carbons (Fsp3) is 0.158. The Bertz CT molecular complexity index is 1210. The number of halogens is 3. The monoisotopic (exact) mass is 401 g/mol. The van der Waals surface area contributed by atoms with E-state index in [0.717, 1.165) is 12.1 Å². The Morgan fingerprint density at radius 2 is 1.86 bits per heavy atom. The minimum atomic E-state index is -4.40. The summed E-state index contributed by atoms with van der Waals surface area (Å²) in [6, 6.07) is 9.20. The number of hydrogen-bond donors (Lipinski definition) is 0. The number of aromatic nitrogens is 4. The van der Waals surface area contributed by atoms with Gasteiger partial charge >= 0.3 is 6.18 Å². The first-order chi connectivity index (χ1) is 13.7. The van der Waals surface area contributed by atoms with Gasteiger partial charge in [0.25, 0.3) is 5.69 Å². The Balaban J connectivity index is 1.79. The fourth-order valence-electron chi connectivity index (χ4n) is 3.10. The standard InChI is InChI=1S/C19H14F3N5O2/c1-25-10-16(23-11-25)18-15-8-14(27(28)29)6-7-17(15)26(24-18)9-12-2-4-13(5-3-12)19(20,21)22/h2-8,10-11H,9H2,1H3. The zero-order valence-electron chi connectivity index (χ0n) is 15.1. The quantitative estimate of drug-likeness (QED) is 0.375. The molecule has 148 valence electrons. The van der Waals surface area contributed by atoms with E-state index < -0.39 is 16.7 Å². The molecule has 0 N–H and O–H groups in total. The van der Waals surface area contributed by atoms with Crippen LogP contribution >= 0.6 is 0 Å². The Morgan fingerprint density at radius 3 is 2.45 bits per heavy atom. The number of aryl methyl sites for hydroxylation is 1. The van der Waals surface area contributed by atoms with Crippen LogP contribution in [0.4, 0.5) is 18.9 Å². The molecule has 0 radical (unpaired) electrons. The van der Waals surface area contributed by atoms with Crippen molar-refractivity contribution in [2.75, 3.05) is 0 Å². The zero-order valence-corrected chi connectivity index (χ0v) is 15.1. The molecule has 2 aromatic carbocycles. The van der Waals surface area contributed by atoms with E-state index in [1.807, 2.05) is 0 Å². The van der Waals surface area contributed by atoms with Gasteiger partial charge in [0.2, 0.25) is 0 Å². The molecular formula is C19H14F3N5O2. The van der Waals surface area contributed by atoms with Crippen LogP contribution in [0, 0.1) is 10.1 Å². The molecule has 0 spiro atoms. The van der Waals surface area contributed by atoms with Crippen molar-refractivity contribution in [2.24, 2.45) is 7.05 Å². The van der Waals surface area contributed by atoms with E-state index in [-0.39, 0.29) is 12.2 Å². The highest BCUT2D eigenvalue weighted by atomic mass is 19.4. The van der Waals surface area contributed by atoms with Crippen LogP contribution in [0.2, 0.25) is 0 Å². The summed E-state index contributed by atoms with van der Waals surface area (Å²) in [5, 5.41) is 16.3. The van der Waals surface area contributed by atoms with Crippen molar-refractivity contribution in [2.45, 2.75) is 12.7 Å². The lowest BCUT2D eigenvalue weighted by atomic mass is 10.1. The summed E-state index contributed by atoms with van der Waals surface area (Å²) in [5.74, 6) is 0. The summed E-state index contributed by atoms with van der Waals surface area (Å²) >= 11 is 0. The maximum atomic E-state index is 12.8. The van der Waals surface area contributed by atoms with Gasteiger partial charge in [-0.3, -0.25) is 14.8 Å². The van der Waals surface area contributed by atoms with Crippen LogP contribution < -0.4 is 0 Å². The highest BCUT2D eigenvalue weighted by molar-refractivity contribution is 5.93. The maximum absolute atomic E-state index is 12.8. The van der Waals surface area contributed by atoms with E-state index in [1.54, 1.807) is 34.9 Å². The first-order valence-electron chi connectivity index (χ1n) is 8.52. The second-order valence-electron chi connectivity index (χ2n) is 6.58. The summed E-state index contributed by atoms with van der Waals surface area (Å²) in [6.45, 7) is 0.208. The van der Waals surface area contributed by atoms with E-state index in [9.17, 15) is 23.3 Å². The van der Waals surface area contributed by atoms with E-state index in [2.05, 4.69) is 10.1 Å². The molecule has 0 unspecified atom stereocenters. The molecule has 4 aromatic rings. The number of nitro benzene ring substituents is 1. The van der Waals surface area contributed by atoms with E-state index in [4.69, 9.17) is 0 Å². The zero-order chi connectivity index (χ0) is 20.8. The van der Waals surface area contributed by atoms with Crippen LogP contribution in [0.3, 0.4) is 0 Å². The van der Waals surface area contributed by atoms with Crippen molar-refractivity contribution in [3.8, 4) is 11.4 Å². The molecule has 0 saturated carbocycles. The fourth-order valence-corrected chi connectivity index (χ4v) is 3.10. The van der Waals surface area contributed by atoms with Crippen molar-refractivity contribution >= 4 is 16.6 Å². The number of fused-ring (bicyclic) bond motifs is 1. The smallest absolute Gasteiger partial charge is 0.340 e. The summed E-state index contributed by atoms with van der Waals surface area (Å²) in [5.41, 5.74) is 1.45. The predicted molar refractivity (Wildman–Crippen MR) is 99.1 cm³/mol. The van der Waals surface area contributed by atoms with Crippen molar-refractivity contribution in [3.05, 3.63) is 76.2 Å². The summed E-state index contributed by atoms with van der Waals surface area (Å²) in [7, 11) is 1.79. The van der Waals surface area contributed by atoms with Crippen molar-refractivity contribution < 1.29 is 18.1 Å². The lowest BCUT2D eigenvalue weighted by Crippen LogP contribution is -2.06. The van der Waals surface area contributed by atoms with Gasteiger partial charge in [0.15, 0.2) is 0 Å². The van der Waals surface area contributed by atoms with Crippen LogP contribution in [0.25, 0.3) is 22.3 Å². The normalized spacial score (nSPS) is 11.9. The Hall–Kier alpha value is -3.69. The van der Waals surface area contributed by atoms with Gasteiger partial charge in [-0.25, -0.2) is 4.98 Å². The number of imidazole rings is 1. The molecule has 0 saturated heterocycles. The molecular weight excluding hydrogens is 387 g/mol. The van der Waals surface area contributed by atoms with Crippen LogP contribution in [0.15, 0.2) is 55.0 Å². The topological polar surface area (TPSA) is 78.8 Å². The SMILES string of the molecule is Cn1cnc(-c2nn(Cc3ccc(C(F)(F)F)cc3)c3ccc([N+](=O)[O-])cc23)c1. The minimum Gasteiger partial charge on any atom is -0.340 e. The molecule has 0 fully saturated rings. The van der Waals surface area contributed by atoms with Crippen molar-refractivity contribution in [3.63, 3.8) is 0 Å². The Labute approximate surface area is 162 Å². The lowest BCUT2D eigenvalue weighted by Gasteiger charge is -2.08. The first kappa shape index (κ1) is 18.7. The first-order valence-corrected chi connectivity index (χ1v) is 8.52. The summed E-state index contributed by atoms with van der Waals surface area (Å²) < 4.78 is 41.6. The molecule has 0 bridgehead atoms. The number of non-ortho nitro benzene ring substituents is 1. The van der Waals surface area contributed by atoms with E-state index in [0.29, 0.717) is 27.9 Å². The number of alkyl halides is 3. The van der Waals surface area contributed by atoms with Crippen LogP contribution in [-0.2, 0) is 19.8 Å². The van der Waals surface area contributed by atoms with E-state index >= 15 is 0 Å². The molecule has 0 aliphatic rings. The molecule has 0 atom stereocenters. The molecule has 29 heavy (non-hydrogen) atoms. The van der Waals surface area contributed by atoms with Gasteiger partial charge in [-0.15, -0.1) is 0 Å². The molecule has 10 heteroatoms. The lowest BCUT2D eigenvalue weighted by molar-refractivity contribution is -0.384. The summed E-state index contributed by atoms with van der Waals surface area (Å²) in [6.07, 6.45) is -1.07.